The van der Waals surface area contributed by atoms with Crippen LogP contribution in [-0.4, -0.2) is 38.5 Å². The third-order valence-electron chi connectivity index (χ3n) is 4.65. The van der Waals surface area contributed by atoms with E-state index in [1.807, 2.05) is 0 Å². The number of nitrogens with zero attached hydrogens (tertiary/aromatic N) is 2. The smallest absolute Gasteiger partial charge is 0.303 e. The molecule has 0 fully saturated rings. The summed E-state index contributed by atoms with van der Waals surface area (Å²) in [6.07, 6.45) is 6.44. The van der Waals surface area contributed by atoms with Crippen LogP contribution in [-0.2, 0) is 11.2 Å². The molecule has 0 radical (unpaired) electrons. The van der Waals surface area contributed by atoms with E-state index in [0.29, 0.717) is 18.5 Å². The van der Waals surface area contributed by atoms with Gasteiger partial charge < -0.3 is 20.1 Å². The minimum absolute atomic E-state index is 0.0205. The van der Waals surface area contributed by atoms with Gasteiger partial charge in [-0.25, -0.2) is 0 Å². The first-order valence-electron chi connectivity index (χ1n) is 10.1. The molecule has 0 bridgehead atoms. The number of aldehydes is 1. The number of unbranched alkanes of at least 4 members (excludes halogenated alkanes) is 4. The highest BCUT2D eigenvalue weighted by Gasteiger charge is 2.23. The van der Waals surface area contributed by atoms with E-state index in [-0.39, 0.29) is 35.6 Å². The number of carboxylic acid groups (broad SMARTS) is 1. The minimum Gasteiger partial charge on any atom is -0.507 e. The predicted molar refractivity (Wildman–Crippen MR) is 107 cm³/mol. The molecule has 0 spiro atoms. The molecule has 1 aromatic carbocycles. The molecule has 9 nitrogen and oxygen atoms in total. The van der Waals surface area contributed by atoms with Gasteiger partial charge in [-0.1, -0.05) is 37.8 Å². The molecule has 162 valence electrons. The van der Waals surface area contributed by atoms with Crippen molar-refractivity contribution in [1.29, 1.82) is 0 Å². The Morgan fingerprint density at radius 1 is 1.23 bits per heavy atom. The first-order chi connectivity index (χ1) is 14.4. The summed E-state index contributed by atoms with van der Waals surface area (Å²) in [5.41, 5.74) is 0.124. The number of nitrogens with one attached hydrogen (secondary N) is 1. The van der Waals surface area contributed by atoms with Crippen LogP contribution in [0.1, 0.15) is 90.3 Å². The van der Waals surface area contributed by atoms with Crippen molar-refractivity contribution < 1.29 is 29.1 Å². The summed E-state index contributed by atoms with van der Waals surface area (Å²) < 4.78 is 5.27. The third-order valence-corrected chi connectivity index (χ3v) is 4.65. The zero-order chi connectivity index (χ0) is 21.9. The molecule has 0 saturated carbocycles. The number of phenolic OH excluding ortho intramolecular Hbond substituents is 1. The summed E-state index contributed by atoms with van der Waals surface area (Å²) in [6, 6.07) is 3.07. The van der Waals surface area contributed by atoms with E-state index < -0.39 is 17.9 Å². The molecular formula is C21H27N3O6. The van der Waals surface area contributed by atoms with Crippen molar-refractivity contribution >= 4 is 18.2 Å². The molecule has 0 saturated heterocycles. The van der Waals surface area contributed by atoms with Crippen LogP contribution in [0.5, 0.6) is 5.75 Å². The van der Waals surface area contributed by atoms with Crippen LogP contribution in [0.25, 0.3) is 0 Å². The summed E-state index contributed by atoms with van der Waals surface area (Å²) in [5, 5.41) is 25.2. The molecule has 9 heteroatoms. The van der Waals surface area contributed by atoms with E-state index in [9.17, 15) is 19.5 Å². The summed E-state index contributed by atoms with van der Waals surface area (Å²) in [4.78, 5) is 38.9. The molecule has 1 amide bonds. The molecule has 0 aliphatic rings. The predicted octanol–water partition coefficient (Wildman–Crippen LogP) is 3.44. The Balaban J connectivity index is 2.07. The average molecular weight is 417 g/mol. The van der Waals surface area contributed by atoms with Gasteiger partial charge in [-0.15, -0.1) is 0 Å². The van der Waals surface area contributed by atoms with Crippen LogP contribution in [0.15, 0.2) is 22.7 Å². The number of rotatable bonds is 13. The van der Waals surface area contributed by atoms with Gasteiger partial charge in [0.15, 0.2) is 12.1 Å². The Kier molecular flexibility index (Phi) is 8.99. The first kappa shape index (κ1) is 23.1. The second kappa shape index (κ2) is 11.7. The van der Waals surface area contributed by atoms with E-state index in [1.165, 1.54) is 24.6 Å². The van der Waals surface area contributed by atoms with Crippen LogP contribution in [0.3, 0.4) is 0 Å². The third kappa shape index (κ3) is 6.98. The summed E-state index contributed by atoms with van der Waals surface area (Å²) in [7, 11) is 0. The molecular weight excluding hydrogens is 390 g/mol. The van der Waals surface area contributed by atoms with Gasteiger partial charge in [0.2, 0.25) is 5.89 Å². The standard InChI is InChI=1S/C21H27N3O6/c1-2-3-4-5-6-7-18-23-21(30-24-18)16(9-11-19(27)28)22-20(29)14-8-10-17(26)15(12-14)13-25/h8,10,12-13,16,26H,2-7,9,11H2,1H3,(H,22,29)(H,27,28). The number of carbonyl (C=O) groups is 3. The fraction of sp³-hybridized carbons (Fsp3) is 0.476. The van der Waals surface area contributed by atoms with Gasteiger partial charge in [-0.3, -0.25) is 14.4 Å². The number of benzene rings is 1. The van der Waals surface area contributed by atoms with Crippen LogP contribution in [0.2, 0.25) is 0 Å². The fourth-order valence-corrected chi connectivity index (χ4v) is 2.95. The SMILES string of the molecule is CCCCCCCc1noc(C(CCC(=O)O)NC(=O)c2ccc(O)c(C=O)c2)n1. The maximum absolute atomic E-state index is 12.6. The average Bonchev–Trinajstić information content (AvgIpc) is 3.19. The molecule has 3 N–H and O–H groups in total. The number of aromatic hydroxyl groups is 1. The van der Waals surface area contributed by atoms with Crippen LogP contribution in [0.4, 0.5) is 0 Å². The number of aryl methyl sites for hydroxylation is 1. The first-order valence-corrected chi connectivity index (χ1v) is 10.1. The lowest BCUT2D eigenvalue weighted by molar-refractivity contribution is -0.137. The second-order valence-corrected chi connectivity index (χ2v) is 7.06. The Morgan fingerprint density at radius 2 is 2.00 bits per heavy atom. The Hall–Kier alpha value is -3.23. The quantitative estimate of drug-likeness (QED) is 0.332. The summed E-state index contributed by atoms with van der Waals surface area (Å²) >= 11 is 0. The van der Waals surface area contributed by atoms with E-state index in [2.05, 4.69) is 22.4 Å². The number of hydrogen-bond acceptors (Lipinski definition) is 7. The van der Waals surface area contributed by atoms with Gasteiger partial charge in [0.1, 0.15) is 11.8 Å². The number of amides is 1. The molecule has 0 aliphatic carbocycles. The molecule has 0 aliphatic heterocycles. The maximum Gasteiger partial charge on any atom is 0.303 e. The highest BCUT2D eigenvalue weighted by Crippen LogP contribution is 2.21. The van der Waals surface area contributed by atoms with Gasteiger partial charge in [-0.2, -0.15) is 4.98 Å². The van der Waals surface area contributed by atoms with Crippen molar-refractivity contribution in [2.45, 2.75) is 64.3 Å². The molecule has 1 unspecified atom stereocenters. The Morgan fingerprint density at radius 3 is 2.70 bits per heavy atom. The molecule has 2 rings (SSSR count). The number of aliphatic carboxylic acids is 1. The van der Waals surface area contributed by atoms with Gasteiger partial charge in [-0.05, 0) is 31.0 Å². The normalized spacial score (nSPS) is 11.8. The Labute approximate surface area is 174 Å². The summed E-state index contributed by atoms with van der Waals surface area (Å²) in [5.74, 6) is -1.14. The van der Waals surface area contributed by atoms with Crippen LogP contribution in [0, 0.1) is 0 Å². The van der Waals surface area contributed by atoms with E-state index >= 15 is 0 Å². The highest BCUT2D eigenvalue weighted by molar-refractivity contribution is 5.96. The molecule has 1 heterocycles. The fourth-order valence-electron chi connectivity index (χ4n) is 2.95. The monoisotopic (exact) mass is 417 g/mol. The van der Waals surface area contributed by atoms with Crippen molar-refractivity contribution in [3.63, 3.8) is 0 Å². The molecule has 2 aromatic rings. The summed E-state index contributed by atoms with van der Waals surface area (Å²) in [6.45, 7) is 2.15. The van der Waals surface area contributed by atoms with Crippen molar-refractivity contribution in [1.82, 2.24) is 15.5 Å². The largest absolute Gasteiger partial charge is 0.507 e. The van der Waals surface area contributed by atoms with Gasteiger partial charge in [0.05, 0.1) is 5.56 Å². The van der Waals surface area contributed by atoms with Crippen LogP contribution >= 0.6 is 0 Å². The number of carboxylic acids is 1. The van der Waals surface area contributed by atoms with Crippen molar-refractivity contribution in [3.05, 3.63) is 41.0 Å². The zero-order valence-electron chi connectivity index (χ0n) is 17.0. The lowest BCUT2D eigenvalue weighted by Gasteiger charge is -2.14. The number of aromatic nitrogens is 2. The number of carbonyl (C=O) groups excluding carboxylic acids is 2. The van der Waals surface area contributed by atoms with Gasteiger partial charge in [0.25, 0.3) is 5.91 Å². The van der Waals surface area contributed by atoms with Crippen molar-refractivity contribution in [2.75, 3.05) is 0 Å². The number of hydrogen-bond donors (Lipinski definition) is 3. The minimum atomic E-state index is -1.02. The highest BCUT2D eigenvalue weighted by atomic mass is 16.5. The topological polar surface area (TPSA) is 143 Å². The van der Waals surface area contributed by atoms with E-state index in [0.717, 1.165) is 25.7 Å². The lowest BCUT2D eigenvalue weighted by atomic mass is 10.1. The van der Waals surface area contributed by atoms with E-state index in [4.69, 9.17) is 9.63 Å². The van der Waals surface area contributed by atoms with Gasteiger partial charge in [0, 0.05) is 18.4 Å². The maximum atomic E-state index is 12.6. The molecule has 30 heavy (non-hydrogen) atoms. The van der Waals surface area contributed by atoms with Crippen molar-refractivity contribution in [3.8, 4) is 5.75 Å². The molecule has 1 aromatic heterocycles. The molecule has 1 atom stereocenters. The van der Waals surface area contributed by atoms with Gasteiger partial charge >= 0.3 is 5.97 Å². The lowest BCUT2D eigenvalue weighted by Crippen LogP contribution is -2.29. The number of phenols is 1. The van der Waals surface area contributed by atoms with Crippen molar-refractivity contribution in [2.24, 2.45) is 0 Å². The zero-order valence-corrected chi connectivity index (χ0v) is 17.0. The van der Waals surface area contributed by atoms with Crippen LogP contribution < -0.4 is 5.32 Å². The van der Waals surface area contributed by atoms with E-state index in [1.54, 1.807) is 0 Å². The Bertz CT molecular complexity index is 864. The second-order valence-electron chi connectivity index (χ2n) is 7.06.